The quantitative estimate of drug-likeness (QED) is 0.659. The van der Waals surface area contributed by atoms with E-state index in [-0.39, 0.29) is 41.7 Å². The first-order valence-electron chi connectivity index (χ1n) is 8.93. The summed E-state index contributed by atoms with van der Waals surface area (Å²) in [5.41, 5.74) is 0.800. The molecule has 0 aliphatic carbocycles. The third-order valence-electron chi connectivity index (χ3n) is 4.32. The fourth-order valence-electron chi connectivity index (χ4n) is 2.94. The molecule has 0 radical (unpaired) electrons. The maximum atomic E-state index is 12.9. The van der Waals surface area contributed by atoms with Crippen LogP contribution in [0.25, 0.3) is 0 Å². The predicted molar refractivity (Wildman–Crippen MR) is 116 cm³/mol. The Kier molecular flexibility index (Phi) is 6.33. The number of carbonyl (C=O) groups is 2. The minimum absolute atomic E-state index is 0.216. The van der Waals surface area contributed by atoms with Crippen LogP contribution < -0.4 is 19.7 Å². The number of sulfonamides is 1. The summed E-state index contributed by atoms with van der Waals surface area (Å²) in [5, 5.41) is 5.64. The Labute approximate surface area is 179 Å². The number of para-hydroxylation sites is 1. The largest absolute Gasteiger partial charge is 0.476 e. The van der Waals surface area contributed by atoms with E-state index < -0.39 is 22.0 Å². The number of hydrogen-bond donors (Lipinski definition) is 2. The van der Waals surface area contributed by atoms with Gasteiger partial charge in [-0.2, -0.15) is 0 Å². The monoisotopic (exact) mass is 449 g/mol. The van der Waals surface area contributed by atoms with Crippen molar-refractivity contribution in [2.75, 3.05) is 29.0 Å². The number of anilines is 2. The highest BCUT2D eigenvalue weighted by Gasteiger charge is 2.35. The molecule has 0 aromatic heterocycles. The zero-order valence-corrected chi connectivity index (χ0v) is 17.7. The van der Waals surface area contributed by atoms with Gasteiger partial charge in [0, 0.05) is 11.6 Å². The lowest BCUT2D eigenvalue weighted by atomic mass is 10.1. The summed E-state index contributed by atoms with van der Waals surface area (Å²) in [6, 6.07) is 11.0. The third-order valence-corrected chi connectivity index (χ3v) is 5.70. The highest BCUT2D eigenvalue weighted by atomic mass is 35.5. The van der Waals surface area contributed by atoms with Crippen LogP contribution >= 0.6 is 11.6 Å². The van der Waals surface area contributed by atoms with Crippen LogP contribution in [0.15, 0.2) is 55.1 Å². The molecular formula is C20H20ClN3O5S. The van der Waals surface area contributed by atoms with E-state index >= 15 is 0 Å². The van der Waals surface area contributed by atoms with Crippen LogP contribution in [-0.2, 0) is 14.8 Å². The predicted octanol–water partition coefficient (Wildman–Crippen LogP) is 2.42. The number of carbonyl (C=O) groups excluding carboxylic acids is 2. The molecule has 2 aromatic rings. The van der Waals surface area contributed by atoms with Gasteiger partial charge < -0.3 is 15.4 Å². The average Bonchev–Trinajstić information content (AvgIpc) is 2.70. The van der Waals surface area contributed by atoms with E-state index in [2.05, 4.69) is 17.2 Å². The van der Waals surface area contributed by atoms with E-state index in [1.807, 2.05) is 0 Å². The Morgan fingerprint density at radius 3 is 2.73 bits per heavy atom. The van der Waals surface area contributed by atoms with Gasteiger partial charge in [-0.25, -0.2) is 8.42 Å². The number of halogens is 1. The lowest BCUT2D eigenvalue weighted by Gasteiger charge is -2.34. The van der Waals surface area contributed by atoms with E-state index in [0.29, 0.717) is 5.02 Å². The van der Waals surface area contributed by atoms with Gasteiger partial charge in [0.15, 0.2) is 6.10 Å². The smallest absolute Gasteiger partial charge is 0.267 e. The molecule has 158 valence electrons. The zero-order valence-electron chi connectivity index (χ0n) is 16.1. The van der Waals surface area contributed by atoms with E-state index in [9.17, 15) is 18.0 Å². The molecule has 2 N–H and O–H groups in total. The Morgan fingerprint density at radius 2 is 2.03 bits per heavy atom. The molecule has 1 aliphatic heterocycles. The normalized spacial score (nSPS) is 15.5. The lowest BCUT2D eigenvalue weighted by Crippen LogP contribution is -2.48. The van der Waals surface area contributed by atoms with E-state index in [1.54, 1.807) is 36.4 Å². The molecule has 0 spiro atoms. The third kappa shape index (κ3) is 4.74. The molecular weight excluding hydrogens is 430 g/mol. The number of hydrogen-bond acceptors (Lipinski definition) is 5. The second kappa shape index (κ2) is 8.76. The molecule has 1 aliphatic rings. The van der Waals surface area contributed by atoms with Crippen molar-refractivity contribution in [1.29, 1.82) is 0 Å². The Morgan fingerprint density at radius 1 is 1.30 bits per heavy atom. The van der Waals surface area contributed by atoms with Gasteiger partial charge >= 0.3 is 0 Å². The fraction of sp³-hybridized carbons (Fsp3) is 0.200. The van der Waals surface area contributed by atoms with Crippen LogP contribution in [0.3, 0.4) is 0 Å². The van der Waals surface area contributed by atoms with Crippen molar-refractivity contribution in [3.8, 4) is 5.75 Å². The molecule has 0 saturated carbocycles. The first-order chi connectivity index (χ1) is 14.2. The molecule has 8 nitrogen and oxygen atoms in total. The van der Waals surface area contributed by atoms with Crippen LogP contribution in [0, 0.1) is 0 Å². The van der Waals surface area contributed by atoms with Gasteiger partial charge in [-0.15, -0.1) is 6.58 Å². The number of rotatable bonds is 6. The van der Waals surface area contributed by atoms with Crippen LogP contribution in [0.5, 0.6) is 5.75 Å². The standard InChI is InChI=1S/C20H20ClN3O5S/c1-3-10-22-19(25)14-6-4-5-7-15(14)23-20(26)18-12-24(30(2,27)28)16-11-13(21)8-9-17(16)29-18/h3-9,11,18H,1,10,12H2,2H3,(H,22,25)(H,23,26)/t18-/m1/s1. The average molecular weight is 450 g/mol. The van der Waals surface area contributed by atoms with Crippen LogP contribution in [0.4, 0.5) is 11.4 Å². The van der Waals surface area contributed by atoms with Gasteiger partial charge in [-0.05, 0) is 30.3 Å². The molecule has 1 atom stereocenters. The van der Waals surface area contributed by atoms with Crippen molar-refractivity contribution in [3.05, 3.63) is 65.7 Å². The summed E-state index contributed by atoms with van der Waals surface area (Å²) in [4.78, 5) is 25.2. The first-order valence-corrected chi connectivity index (χ1v) is 11.2. The number of nitrogens with one attached hydrogen (secondary N) is 2. The SMILES string of the molecule is C=CCNC(=O)c1ccccc1NC(=O)[C@H]1CN(S(C)(=O)=O)c2cc(Cl)ccc2O1. The summed E-state index contributed by atoms with van der Waals surface area (Å²) in [7, 11) is -3.69. The maximum absolute atomic E-state index is 12.9. The number of nitrogens with zero attached hydrogens (tertiary/aromatic N) is 1. The summed E-state index contributed by atoms with van der Waals surface area (Å²) < 4.78 is 31.3. The molecule has 1 heterocycles. The summed E-state index contributed by atoms with van der Waals surface area (Å²) >= 11 is 5.98. The Balaban J connectivity index is 1.86. The minimum atomic E-state index is -3.69. The molecule has 3 rings (SSSR count). The number of fused-ring (bicyclic) bond motifs is 1. The summed E-state index contributed by atoms with van der Waals surface area (Å²) in [6.45, 7) is 3.59. The van der Waals surface area contributed by atoms with Crippen molar-refractivity contribution in [2.45, 2.75) is 6.10 Å². The van der Waals surface area contributed by atoms with Gasteiger partial charge in [0.25, 0.3) is 11.8 Å². The van der Waals surface area contributed by atoms with Gasteiger partial charge in [0.1, 0.15) is 5.75 Å². The van der Waals surface area contributed by atoms with Crippen molar-refractivity contribution in [3.63, 3.8) is 0 Å². The van der Waals surface area contributed by atoms with Gasteiger partial charge in [-0.3, -0.25) is 13.9 Å². The zero-order chi connectivity index (χ0) is 21.9. The summed E-state index contributed by atoms with van der Waals surface area (Å²) in [6.07, 6.45) is 1.45. The van der Waals surface area contributed by atoms with Gasteiger partial charge in [0.2, 0.25) is 10.0 Å². The minimum Gasteiger partial charge on any atom is -0.476 e. The highest BCUT2D eigenvalue weighted by Crippen LogP contribution is 2.37. The fourth-order valence-corrected chi connectivity index (χ4v) is 4.01. The van der Waals surface area contributed by atoms with Gasteiger partial charge in [-0.1, -0.05) is 29.8 Å². The number of benzene rings is 2. The lowest BCUT2D eigenvalue weighted by molar-refractivity contribution is -0.122. The molecule has 2 amide bonds. The molecule has 0 saturated heterocycles. The molecule has 0 fully saturated rings. The molecule has 30 heavy (non-hydrogen) atoms. The number of amides is 2. The second-order valence-corrected chi connectivity index (χ2v) is 8.89. The Hall–Kier alpha value is -3.04. The topological polar surface area (TPSA) is 105 Å². The van der Waals surface area contributed by atoms with Crippen LogP contribution in [-0.4, -0.2) is 45.7 Å². The molecule has 10 heteroatoms. The van der Waals surface area contributed by atoms with E-state index in [4.69, 9.17) is 16.3 Å². The highest BCUT2D eigenvalue weighted by molar-refractivity contribution is 7.92. The van der Waals surface area contributed by atoms with Crippen molar-refractivity contribution in [2.24, 2.45) is 0 Å². The van der Waals surface area contributed by atoms with Crippen molar-refractivity contribution >= 4 is 44.8 Å². The summed E-state index contributed by atoms with van der Waals surface area (Å²) in [5.74, 6) is -0.755. The molecule has 0 unspecified atom stereocenters. The van der Waals surface area contributed by atoms with E-state index in [1.165, 1.54) is 12.1 Å². The number of ether oxygens (including phenoxy) is 1. The second-order valence-electron chi connectivity index (χ2n) is 6.55. The molecule has 0 bridgehead atoms. The van der Waals surface area contributed by atoms with E-state index in [0.717, 1.165) is 10.6 Å². The van der Waals surface area contributed by atoms with Crippen molar-refractivity contribution < 1.29 is 22.7 Å². The van der Waals surface area contributed by atoms with Crippen LogP contribution in [0.1, 0.15) is 10.4 Å². The molecule has 2 aromatic carbocycles. The first kappa shape index (κ1) is 21.7. The van der Waals surface area contributed by atoms with Gasteiger partial charge in [0.05, 0.1) is 29.7 Å². The maximum Gasteiger partial charge on any atom is 0.267 e. The van der Waals surface area contributed by atoms with Crippen molar-refractivity contribution in [1.82, 2.24) is 5.32 Å². The Bertz CT molecular complexity index is 1100. The van der Waals surface area contributed by atoms with Crippen LogP contribution in [0.2, 0.25) is 5.02 Å².